The molecule has 0 aromatic heterocycles. The SMILES string of the molecule is CN(NC(=O)OC(C)(C)C)C(=O)C(Cc1ccccc1)NC(=O)OCC1c2ccccc2-c2ccccc21. The molecule has 0 fully saturated rings. The Morgan fingerprint density at radius 1 is 0.842 bits per heavy atom. The van der Waals surface area contributed by atoms with Crippen LogP contribution in [0.3, 0.4) is 0 Å². The second-order valence-electron chi connectivity index (χ2n) is 10.2. The molecule has 0 heterocycles. The molecule has 8 nitrogen and oxygen atoms in total. The molecule has 0 spiro atoms. The highest BCUT2D eigenvalue weighted by Gasteiger charge is 2.31. The van der Waals surface area contributed by atoms with Crippen molar-refractivity contribution in [3.8, 4) is 11.1 Å². The third kappa shape index (κ3) is 6.51. The van der Waals surface area contributed by atoms with Gasteiger partial charge in [0.2, 0.25) is 0 Å². The monoisotopic (exact) mass is 515 g/mol. The van der Waals surface area contributed by atoms with E-state index in [1.54, 1.807) is 20.8 Å². The van der Waals surface area contributed by atoms with Gasteiger partial charge in [0.05, 0.1) is 0 Å². The minimum atomic E-state index is -0.979. The number of hydrazine groups is 1. The fraction of sp³-hybridized carbons (Fsp3) is 0.300. The summed E-state index contributed by atoms with van der Waals surface area (Å²) in [5.74, 6) is -0.624. The normalized spacial score (nSPS) is 13.1. The highest BCUT2D eigenvalue weighted by molar-refractivity contribution is 5.87. The van der Waals surface area contributed by atoms with E-state index in [4.69, 9.17) is 9.47 Å². The molecule has 4 rings (SSSR count). The number of likely N-dealkylation sites (N-methyl/N-ethyl adjacent to an activating group) is 1. The summed E-state index contributed by atoms with van der Waals surface area (Å²) in [6.45, 7) is 5.31. The molecule has 3 aromatic rings. The lowest BCUT2D eigenvalue weighted by atomic mass is 9.98. The van der Waals surface area contributed by atoms with E-state index >= 15 is 0 Å². The maximum atomic E-state index is 13.3. The average molecular weight is 516 g/mol. The van der Waals surface area contributed by atoms with Gasteiger partial charge in [0.25, 0.3) is 5.91 Å². The van der Waals surface area contributed by atoms with Crippen molar-refractivity contribution >= 4 is 18.1 Å². The van der Waals surface area contributed by atoms with Crippen LogP contribution in [-0.2, 0) is 20.7 Å². The van der Waals surface area contributed by atoms with Crippen molar-refractivity contribution in [3.05, 3.63) is 95.6 Å². The molecule has 3 aromatic carbocycles. The van der Waals surface area contributed by atoms with Crippen LogP contribution < -0.4 is 10.7 Å². The number of hydrogen-bond donors (Lipinski definition) is 2. The Labute approximate surface area is 222 Å². The summed E-state index contributed by atoms with van der Waals surface area (Å²) in [7, 11) is 1.41. The lowest BCUT2D eigenvalue weighted by Crippen LogP contribution is -2.54. The third-order valence-electron chi connectivity index (χ3n) is 6.20. The molecule has 1 aliphatic rings. The molecule has 1 aliphatic carbocycles. The van der Waals surface area contributed by atoms with Gasteiger partial charge in [-0.15, -0.1) is 0 Å². The van der Waals surface area contributed by atoms with Crippen LogP contribution in [0, 0.1) is 0 Å². The fourth-order valence-electron chi connectivity index (χ4n) is 4.56. The number of rotatable bonds is 6. The minimum Gasteiger partial charge on any atom is -0.449 e. The van der Waals surface area contributed by atoms with Gasteiger partial charge in [-0.2, -0.15) is 0 Å². The summed E-state index contributed by atoms with van der Waals surface area (Å²) in [5, 5.41) is 3.71. The number of carbonyl (C=O) groups excluding carboxylic acids is 3. The van der Waals surface area contributed by atoms with Crippen LogP contribution in [0.5, 0.6) is 0 Å². The predicted molar refractivity (Wildman–Crippen MR) is 144 cm³/mol. The molecule has 1 atom stereocenters. The Balaban J connectivity index is 1.44. The maximum absolute atomic E-state index is 13.3. The van der Waals surface area contributed by atoms with E-state index < -0.39 is 29.7 Å². The number of alkyl carbamates (subject to hydrolysis) is 1. The Hall–Kier alpha value is -4.33. The number of nitrogens with one attached hydrogen (secondary N) is 2. The van der Waals surface area contributed by atoms with Gasteiger partial charge in [0, 0.05) is 19.4 Å². The summed E-state index contributed by atoms with van der Waals surface area (Å²) in [5.41, 5.74) is 6.97. The minimum absolute atomic E-state index is 0.104. The number of benzene rings is 3. The Morgan fingerprint density at radius 2 is 1.39 bits per heavy atom. The van der Waals surface area contributed by atoms with Crippen LogP contribution in [0.25, 0.3) is 11.1 Å². The van der Waals surface area contributed by atoms with Crippen molar-refractivity contribution in [1.82, 2.24) is 15.8 Å². The van der Waals surface area contributed by atoms with Crippen LogP contribution >= 0.6 is 0 Å². The topological polar surface area (TPSA) is 97.0 Å². The zero-order valence-electron chi connectivity index (χ0n) is 22.1. The van der Waals surface area contributed by atoms with Crippen LogP contribution in [0.2, 0.25) is 0 Å². The third-order valence-corrected chi connectivity index (χ3v) is 6.20. The van der Waals surface area contributed by atoms with Crippen molar-refractivity contribution in [2.45, 2.75) is 44.8 Å². The van der Waals surface area contributed by atoms with Gasteiger partial charge >= 0.3 is 12.2 Å². The summed E-state index contributed by atoms with van der Waals surface area (Å²) in [4.78, 5) is 38.4. The average Bonchev–Trinajstić information content (AvgIpc) is 3.20. The van der Waals surface area contributed by atoms with Gasteiger partial charge in [-0.25, -0.2) is 15.0 Å². The van der Waals surface area contributed by atoms with E-state index in [2.05, 4.69) is 22.9 Å². The van der Waals surface area contributed by atoms with Gasteiger partial charge in [-0.1, -0.05) is 78.9 Å². The predicted octanol–water partition coefficient (Wildman–Crippen LogP) is 5.03. The molecular weight excluding hydrogens is 482 g/mol. The Kier molecular flexibility index (Phi) is 8.00. The first-order valence-corrected chi connectivity index (χ1v) is 12.5. The van der Waals surface area contributed by atoms with Crippen molar-refractivity contribution in [3.63, 3.8) is 0 Å². The molecular formula is C30H33N3O5. The molecule has 1 unspecified atom stereocenters. The molecule has 0 saturated carbocycles. The molecule has 38 heavy (non-hydrogen) atoms. The molecule has 198 valence electrons. The number of hydrogen-bond acceptors (Lipinski definition) is 5. The molecule has 0 saturated heterocycles. The van der Waals surface area contributed by atoms with Gasteiger partial charge < -0.3 is 14.8 Å². The van der Waals surface area contributed by atoms with Crippen LogP contribution in [0.1, 0.15) is 43.4 Å². The molecule has 0 aliphatic heterocycles. The van der Waals surface area contributed by atoms with Crippen molar-refractivity contribution < 1.29 is 23.9 Å². The molecule has 3 amide bonds. The Morgan fingerprint density at radius 3 is 1.97 bits per heavy atom. The lowest BCUT2D eigenvalue weighted by molar-refractivity contribution is -0.134. The molecule has 0 radical (unpaired) electrons. The Bertz CT molecular complexity index is 1260. The van der Waals surface area contributed by atoms with Crippen molar-refractivity contribution in [1.29, 1.82) is 0 Å². The number of nitrogens with zero attached hydrogens (tertiary/aromatic N) is 1. The van der Waals surface area contributed by atoms with E-state index in [-0.39, 0.29) is 18.9 Å². The standard InChI is InChI=1S/C30H33N3O5/c1-30(2,3)38-29(36)32-33(4)27(34)26(18-20-12-6-5-7-13-20)31-28(35)37-19-25-23-16-10-8-14-21(23)22-15-9-11-17-24(22)25/h5-17,25-26H,18-19H2,1-4H3,(H,31,35)(H,32,36). The van der Waals surface area contributed by atoms with E-state index in [1.165, 1.54) is 7.05 Å². The maximum Gasteiger partial charge on any atom is 0.426 e. The highest BCUT2D eigenvalue weighted by Crippen LogP contribution is 2.44. The van der Waals surface area contributed by atoms with Crippen LogP contribution in [-0.4, -0.2) is 48.4 Å². The van der Waals surface area contributed by atoms with Gasteiger partial charge in [-0.05, 0) is 48.6 Å². The quantitative estimate of drug-likeness (QED) is 0.449. The van der Waals surface area contributed by atoms with E-state index in [0.29, 0.717) is 0 Å². The van der Waals surface area contributed by atoms with E-state index in [0.717, 1.165) is 32.8 Å². The highest BCUT2D eigenvalue weighted by atomic mass is 16.6. The van der Waals surface area contributed by atoms with E-state index in [1.807, 2.05) is 66.7 Å². The van der Waals surface area contributed by atoms with Crippen LogP contribution in [0.15, 0.2) is 78.9 Å². The summed E-state index contributed by atoms with van der Waals surface area (Å²) in [6, 6.07) is 24.5. The van der Waals surface area contributed by atoms with Gasteiger partial charge in [0.15, 0.2) is 0 Å². The smallest absolute Gasteiger partial charge is 0.426 e. The second-order valence-corrected chi connectivity index (χ2v) is 10.2. The number of ether oxygens (including phenoxy) is 2. The van der Waals surface area contributed by atoms with Crippen molar-refractivity contribution in [2.24, 2.45) is 0 Å². The molecule has 2 N–H and O–H groups in total. The molecule has 8 heteroatoms. The zero-order chi connectivity index (χ0) is 27.3. The van der Waals surface area contributed by atoms with Gasteiger partial charge in [0.1, 0.15) is 18.2 Å². The molecule has 0 bridgehead atoms. The number of amides is 3. The second kappa shape index (κ2) is 11.4. The lowest BCUT2D eigenvalue weighted by Gasteiger charge is -2.27. The first kappa shape index (κ1) is 26.7. The first-order valence-electron chi connectivity index (χ1n) is 12.5. The van der Waals surface area contributed by atoms with Crippen LogP contribution in [0.4, 0.5) is 9.59 Å². The number of fused-ring (bicyclic) bond motifs is 3. The van der Waals surface area contributed by atoms with E-state index in [9.17, 15) is 14.4 Å². The summed E-state index contributed by atoms with van der Waals surface area (Å²) >= 11 is 0. The first-order chi connectivity index (χ1) is 18.1. The van der Waals surface area contributed by atoms with Crippen molar-refractivity contribution in [2.75, 3.05) is 13.7 Å². The zero-order valence-corrected chi connectivity index (χ0v) is 22.1. The fourth-order valence-corrected chi connectivity index (χ4v) is 4.56. The summed E-state index contributed by atoms with van der Waals surface area (Å²) < 4.78 is 10.9. The number of carbonyl (C=O) groups is 3. The summed E-state index contributed by atoms with van der Waals surface area (Å²) in [6.07, 6.45) is -1.27. The largest absolute Gasteiger partial charge is 0.449 e. The van der Waals surface area contributed by atoms with Gasteiger partial charge in [-0.3, -0.25) is 9.80 Å².